The molecule has 0 amide bonds. The average Bonchev–Trinajstić information content (AvgIpc) is 2.42. The first-order chi connectivity index (χ1) is 9.24. The third kappa shape index (κ3) is 7.67. The zero-order valence-corrected chi connectivity index (χ0v) is 13.6. The minimum Gasteiger partial charge on any atom is -0.143 e. The molecular formula is C18H30S. The molecule has 0 fully saturated rings. The fourth-order valence-corrected chi connectivity index (χ4v) is 2.70. The lowest BCUT2D eigenvalue weighted by Gasteiger charge is -2.11. The molecule has 1 rings (SSSR count). The molecule has 1 aromatic carbocycles. The molecule has 0 saturated carbocycles. The largest absolute Gasteiger partial charge is 0.143 e. The highest BCUT2D eigenvalue weighted by Gasteiger charge is 2.04. The van der Waals surface area contributed by atoms with Crippen LogP contribution in [0.3, 0.4) is 0 Å². The summed E-state index contributed by atoms with van der Waals surface area (Å²) in [5.74, 6) is 0.689. The van der Waals surface area contributed by atoms with E-state index in [-0.39, 0.29) is 0 Å². The highest BCUT2D eigenvalue weighted by molar-refractivity contribution is 7.80. The number of thiol groups is 1. The van der Waals surface area contributed by atoms with Crippen molar-refractivity contribution in [3.8, 4) is 0 Å². The lowest BCUT2D eigenvalue weighted by Crippen LogP contribution is -1.93. The second-order valence-corrected chi connectivity index (χ2v) is 6.27. The Morgan fingerprint density at radius 3 is 1.95 bits per heavy atom. The number of unbranched alkanes of at least 4 members (excludes halogenated alkanes) is 7. The molecule has 1 atom stereocenters. The minimum absolute atomic E-state index is 0.689. The van der Waals surface area contributed by atoms with Gasteiger partial charge in [-0.2, -0.15) is 0 Å². The van der Waals surface area contributed by atoms with Crippen LogP contribution in [0.15, 0.2) is 29.2 Å². The van der Waals surface area contributed by atoms with Crippen LogP contribution in [-0.2, 0) is 0 Å². The molecule has 1 unspecified atom stereocenters. The van der Waals surface area contributed by atoms with E-state index in [9.17, 15) is 0 Å². The van der Waals surface area contributed by atoms with E-state index in [1.54, 1.807) is 0 Å². The highest BCUT2D eigenvalue weighted by Crippen LogP contribution is 2.23. The standard InChI is InChI=1S/C18H30S/c1-3-4-5-6-7-8-9-10-11-16(2)17-12-14-18(19)15-13-17/h12-16,19H,3-11H2,1-2H3. The molecule has 1 heteroatoms. The second kappa shape index (κ2) is 10.4. The van der Waals surface area contributed by atoms with Gasteiger partial charge in [0, 0.05) is 4.90 Å². The number of hydrogen-bond donors (Lipinski definition) is 1. The fourth-order valence-electron chi connectivity index (χ4n) is 2.55. The Kier molecular flexibility index (Phi) is 9.07. The van der Waals surface area contributed by atoms with Crippen molar-refractivity contribution in [1.29, 1.82) is 0 Å². The van der Waals surface area contributed by atoms with Gasteiger partial charge in [-0.05, 0) is 30.0 Å². The van der Waals surface area contributed by atoms with E-state index in [0.717, 1.165) is 4.90 Å². The Morgan fingerprint density at radius 1 is 0.842 bits per heavy atom. The Labute approximate surface area is 125 Å². The van der Waals surface area contributed by atoms with Crippen molar-refractivity contribution in [1.82, 2.24) is 0 Å². The summed E-state index contributed by atoms with van der Waals surface area (Å²) in [6, 6.07) is 8.64. The van der Waals surface area contributed by atoms with Crippen molar-refractivity contribution in [2.45, 2.75) is 82.4 Å². The summed E-state index contributed by atoms with van der Waals surface area (Å²) in [6.45, 7) is 4.62. The molecule has 19 heavy (non-hydrogen) atoms. The van der Waals surface area contributed by atoms with Gasteiger partial charge in [-0.15, -0.1) is 12.6 Å². The first kappa shape index (κ1) is 16.6. The van der Waals surface area contributed by atoms with E-state index in [1.807, 2.05) is 0 Å². The molecule has 0 aliphatic rings. The van der Waals surface area contributed by atoms with E-state index in [4.69, 9.17) is 0 Å². The topological polar surface area (TPSA) is 0 Å². The van der Waals surface area contributed by atoms with Crippen LogP contribution in [0.2, 0.25) is 0 Å². The van der Waals surface area contributed by atoms with Crippen molar-refractivity contribution in [2.75, 3.05) is 0 Å². The molecule has 0 N–H and O–H groups in total. The Hall–Kier alpha value is -0.430. The molecule has 0 aliphatic carbocycles. The first-order valence-corrected chi connectivity index (χ1v) is 8.47. The van der Waals surface area contributed by atoms with Crippen LogP contribution < -0.4 is 0 Å². The molecule has 0 aliphatic heterocycles. The highest BCUT2D eigenvalue weighted by atomic mass is 32.1. The van der Waals surface area contributed by atoms with Gasteiger partial charge in [-0.25, -0.2) is 0 Å². The molecule has 0 nitrogen and oxygen atoms in total. The lowest BCUT2D eigenvalue weighted by atomic mass is 9.95. The number of hydrogen-bond acceptors (Lipinski definition) is 1. The predicted octanol–water partition coefficient (Wildman–Crippen LogP) is 6.61. The molecule has 0 spiro atoms. The third-order valence-electron chi connectivity index (χ3n) is 3.95. The molecule has 0 radical (unpaired) electrons. The van der Waals surface area contributed by atoms with Gasteiger partial charge in [-0.1, -0.05) is 77.3 Å². The number of rotatable bonds is 10. The van der Waals surface area contributed by atoms with E-state index >= 15 is 0 Å². The van der Waals surface area contributed by atoms with E-state index < -0.39 is 0 Å². The molecule has 0 bridgehead atoms. The Balaban J connectivity index is 2.04. The van der Waals surface area contributed by atoms with Gasteiger partial charge in [0.25, 0.3) is 0 Å². The summed E-state index contributed by atoms with van der Waals surface area (Å²) in [7, 11) is 0. The van der Waals surface area contributed by atoms with Gasteiger partial charge in [0.2, 0.25) is 0 Å². The van der Waals surface area contributed by atoms with Crippen molar-refractivity contribution < 1.29 is 0 Å². The maximum Gasteiger partial charge on any atom is 0.00401 e. The van der Waals surface area contributed by atoms with E-state index in [2.05, 4.69) is 50.7 Å². The van der Waals surface area contributed by atoms with Crippen molar-refractivity contribution >= 4 is 12.6 Å². The summed E-state index contributed by atoms with van der Waals surface area (Å²) in [6.07, 6.45) is 12.6. The molecule has 1 aromatic rings. The van der Waals surface area contributed by atoms with Gasteiger partial charge >= 0.3 is 0 Å². The van der Waals surface area contributed by atoms with Crippen molar-refractivity contribution in [3.63, 3.8) is 0 Å². The minimum atomic E-state index is 0.689. The quantitative estimate of drug-likeness (QED) is 0.361. The van der Waals surface area contributed by atoms with Gasteiger partial charge in [0.15, 0.2) is 0 Å². The van der Waals surface area contributed by atoms with Gasteiger partial charge in [0.05, 0.1) is 0 Å². The second-order valence-electron chi connectivity index (χ2n) is 5.76. The van der Waals surface area contributed by atoms with Gasteiger partial charge in [-0.3, -0.25) is 0 Å². The van der Waals surface area contributed by atoms with Gasteiger partial charge < -0.3 is 0 Å². The summed E-state index contributed by atoms with van der Waals surface area (Å²) in [5.41, 5.74) is 1.46. The molecular weight excluding hydrogens is 248 g/mol. The smallest absolute Gasteiger partial charge is 0.00401 e. The zero-order chi connectivity index (χ0) is 13.9. The third-order valence-corrected chi connectivity index (χ3v) is 4.25. The molecule has 0 aromatic heterocycles. The maximum absolute atomic E-state index is 4.33. The van der Waals surface area contributed by atoms with Crippen LogP contribution in [0.4, 0.5) is 0 Å². The summed E-state index contributed by atoms with van der Waals surface area (Å²) >= 11 is 4.33. The number of benzene rings is 1. The summed E-state index contributed by atoms with van der Waals surface area (Å²) in [5, 5.41) is 0. The zero-order valence-electron chi connectivity index (χ0n) is 12.7. The lowest BCUT2D eigenvalue weighted by molar-refractivity contribution is 0.543. The normalized spacial score (nSPS) is 12.6. The maximum atomic E-state index is 4.33. The molecule has 0 heterocycles. The summed E-state index contributed by atoms with van der Waals surface area (Å²) < 4.78 is 0. The SMILES string of the molecule is CCCCCCCCCCC(C)c1ccc(S)cc1. The van der Waals surface area contributed by atoms with E-state index in [1.165, 1.54) is 63.4 Å². The van der Waals surface area contributed by atoms with Crippen LogP contribution in [0, 0.1) is 0 Å². The van der Waals surface area contributed by atoms with Crippen molar-refractivity contribution in [2.24, 2.45) is 0 Å². The first-order valence-electron chi connectivity index (χ1n) is 8.03. The summed E-state index contributed by atoms with van der Waals surface area (Å²) in [4.78, 5) is 1.06. The van der Waals surface area contributed by atoms with Crippen LogP contribution in [0.5, 0.6) is 0 Å². The van der Waals surface area contributed by atoms with E-state index in [0.29, 0.717) is 5.92 Å². The Morgan fingerprint density at radius 2 is 1.37 bits per heavy atom. The average molecular weight is 279 g/mol. The Bertz CT molecular complexity index is 315. The fraction of sp³-hybridized carbons (Fsp3) is 0.667. The van der Waals surface area contributed by atoms with Crippen LogP contribution in [0.25, 0.3) is 0 Å². The van der Waals surface area contributed by atoms with Crippen LogP contribution >= 0.6 is 12.6 Å². The predicted molar refractivity (Wildman–Crippen MR) is 89.3 cm³/mol. The van der Waals surface area contributed by atoms with Crippen molar-refractivity contribution in [3.05, 3.63) is 29.8 Å². The molecule has 0 saturated heterocycles. The monoisotopic (exact) mass is 278 g/mol. The van der Waals surface area contributed by atoms with Gasteiger partial charge in [0.1, 0.15) is 0 Å². The van der Waals surface area contributed by atoms with Crippen LogP contribution in [0.1, 0.15) is 83.1 Å². The molecule has 108 valence electrons. The van der Waals surface area contributed by atoms with Crippen LogP contribution in [-0.4, -0.2) is 0 Å².